The minimum Gasteiger partial charge on any atom is -0.483 e. The van der Waals surface area contributed by atoms with E-state index in [0.29, 0.717) is 17.1 Å². The topological polar surface area (TPSA) is 76.7 Å². The number of hydrogen-bond donors (Lipinski definition) is 2. The third-order valence-corrected chi connectivity index (χ3v) is 3.11. The van der Waals surface area contributed by atoms with Gasteiger partial charge in [-0.1, -0.05) is 30.3 Å². The number of nitrogens with zero attached hydrogens (tertiary/aromatic N) is 1. The van der Waals surface area contributed by atoms with Crippen LogP contribution in [0.5, 0.6) is 5.75 Å². The van der Waals surface area contributed by atoms with Crippen LogP contribution in [0.1, 0.15) is 18.1 Å². The molecule has 0 bridgehead atoms. The van der Waals surface area contributed by atoms with E-state index in [4.69, 9.17) is 10.5 Å². The van der Waals surface area contributed by atoms with Gasteiger partial charge in [0.25, 0.3) is 5.91 Å². The molecule has 2 aromatic rings. The molecule has 0 aromatic heterocycles. The second-order valence-corrected chi connectivity index (χ2v) is 4.91. The Morgan fingerprint density at radius 2 is 2.00 bits per heavy atom. The Kier molecular flexibility index (Phi) is 5.14. The van der Waals surface area contributed by atoms with E-state index < -0.39 is 0 Å². The lowest BCUT2D eigenvalue weighted by atomic mass is 10.1. The molecule has 5 heteroatoms. The van der Waals surface area contributed by atoms with Gasteiger partial charge in [0, 0.05) is 5.69 Å². The maximum atomic E-state index is 11.8. The molecule has 0 saturated heterocycles. The van der Waals surface area contributed by atoms with Crippen LogP contribution < -0.4 is 15.9 Å². The molecule has 114 valence electrons. The molecule has 2 aromatic carbocycles. The molecule has 1 amide bonds. The molecule has 3 N–H and O–H groups in total. The molecule has 0 fully saturated rings. The Labute approximate surface area is 129 Å². The summed E-state index contributed by atoms with van der Waals surface area (Å²) in [5.41, 5.74) is 11.4. The number of anilines is 1. The number of hydrogen-bond acceptors (Lipinski definition) is 4. The molecule has 0 saturated carbocycles. The summed E-state index contributed by atoms with van der Waals surface area (Å²) in [7, 11) is 0. The largest absolute Gasteiger partial charge is 0.483 e. The van der Waals surface area contributed by atoms with Crippen LogP contribution in [0.2, 0.25) is 0 Å². The van der Waals surface area contributed by atoms with Crippen molar-refractivity contribution in [1.82, 2.24) is 5.43 Å². The van der Waals surface area contributed by atoms with Gasteiger partial charge in [-0.25, -0.2) is 5.43 Å². The highest BCUT2D eigenvalue weighted by molar-refractivity contribution is 5.99. The van der Waals surface area contributed by atoms with Gasteiger partial charge in [0.15, 0.2) is 6.61 Å². The van der Waals surface area contributed by atoms with Crippen molar-refractivity contribution in [3.05, 3.63) is 59.7 Å². The first-order chi connectivity index (χ1) is 10.6. The standard InChI is InChI=1S/C17H19N3O2/c1-12-6-3-4-9-16(12)22-11-17(21)20-19-13(2)14-7-5-8-15(18)10-14/h3-10H,11,18H2,1-2H3,(H,20,21)/b19-13+. The van der Waals surface area contributed by atoms with Gasteiger partial charge in [0.1, 0.15) is 5.75 Å². The Morgan fingerprint density at radius 3 is 2.73 bits per heavy atom. The zero-order valence-corrected chi connectivity index (χ0v) is 12.7. The van der Waals surface area contributed by atoms with Gasteiger partial charge in [-0.15, -0.1) is 0 Å². The smallest absolute Gasteiger partial charge is 0.277 e. The number of carbonyl (C=O) groups is 1. The zero-order chi connectivity index (χ0) is 15.9. The number of hydrazone groups is 1. The van der Waals surface area contributed by atoms with Crippen molar-refractivity contribution < 1.29 is 9.53 Å². The van der Waals surface area contributed by atoms with E-state index in [1.54, 1.807) is 19.1 Å². The molecule has 5 nitrogen and oxygen atoms in total. The number of nitrogen functional groups attached to an aromatic ring is 1. The summed E-state index contributed by atoms with van der Waals surface area (Å²) in [6.45, 7) is 3.64. The normalized spacial score (nSPS) is 11.1. The van der Waals surface area contributed by atoms with E-state index in [9.17, 15) is 4.79 Å². The fraction of sp³-hybridized carbons (Fsp3) is 0.176. The summed E-state index contributed by atoms with van der Waals surface area (Å²) >= 11 is 0. The third kappa shape index (κ3) is 4.34. The van der Waals surface area contributed by atoms with Gasteiger partial charge >= 0.3 is 0 Å². The van der Waals surface area contributed by atoms with Gasteiger partial charge in [0.2, 0.25) is 0 Å². The Bertz CT molecular complexity index is 696. The number of rotatable bonds is 5. The number of nitrogens with one attached hydrogen (secondary N) is 1. The van der Waals surface area contributed by atoms with E-state index in [0.717, 1.165) is 11.1 Å². The summed E-state index contributed by atoms with van der Waals surface area (Å²) in [6.07, 6.45) is 0. The van der Waals surface area contributed by atoms with E-state index in [-0.39, 0.29) is 12.5 Å². The van der Waals surface area contributed by atoms with Crippen LogP contribution in [-0.2, 0) is 4.79 Å². The maximum Gasteiger partial charge on any atom is 0.277 e. The van der Waals surface area contributed by atoms with Crippen LogP contribution in [0.15, 0.2) is 53.6 Å². The highest BCUT2D eigenvalue weighted by atomic mass is 16.5. The number of benzene rings is 2. The average molecular weight is 297 g/mol. The molecule has 0 unspecified atom stereocenters. The highest BCUT2D eigenvalue weighted by Crippen LogP contribution is 2.15. The minimum absolute atomic E-state index is 0.0848. The number of ether oxygens (including phenoxy) is 1. The first-order valence-corrected chi connectivity index (χ1v) is 6.94. The molecular formula is C17H19N3O2. The zero-order valence-electron chi connectivity index (χ0n) is 12.7. The number of nitrogens with two attached hydrogens (primary N) is 1. The summed E-state index contributed by atoms with van der Waals surface area (Å²) in [6, 6.07) is 14.8. The number of amides is 1. The van der Waals surface area contributed by atoms with E-state index in [2.05, 4.69) is 10.5 Å². The van der Waals surface area contributed by atoms with Crippen molar-refractivity contribution >= 4 is 17.3 Å². The second kappa shape index (κ2) is 7.26. The number of carbonyl (C=O) groups excluding carboxylic acids is 1. The van der Waals surface area contributed by atoms with E-state index in [1.807, 2.05) is 43.3 Å². The lowest BCUT2D eigenvalue weighted by molar-refractivity contribution is -0.123. The number of para-hydroxylation sites is 1. The first-order valence-electron chi connectivity index (χ1n) is 6.94. The molecule has 0 aliphatic rings. The van der Waals surface area contributed by atoms with Gasteiger partial charge < -0.3 is 10.5 Å². The monoisotopic (exact) mass is 297 g/mol. The Morgan fingerprint density at radius 1 is 1.23 bits per heavy atom. The fourth-order valence-electron chi connectivity index (χ4n) is 1.87. The summed E-state index contributed by atoms with van der Waals surface area (Å²) in [5.74, 6) is 0.376. The summed E-state index contributed by atoms with van der Waals surface area (Å²) < 4.78 is 5.45. The van der Waals surface area contributed by atoms with Crippen LogP contribution in [0.25, 0.3) is 0 Å². The van der Waals surface area contributed by atoms with Crippen LogP contribution in [0.3, 0.4) is 0 Å². The molecule has 0 atom stereocenters. The molecule has 0 spiro atoms. The quantitative estimate of drug-likeness (QED) is 0.506. The Balaban J connectivity index is 1.90. The van der Waals surface area contributed by atoms with Crippen molar-refractivity contribution in [2.75, 3.05) is 12.3 Å². The summed E-state index contributed by atoms with van der Waals surface area (Å²) in [5, 5.41) is 4.05. The van der Waals surface area contributed by atoms with Crippen LogP contribution in [0.4, 0.5) is 5.69 Å². The van der Waals surface area contributed by atoms with E-state index in [1.165, 1.54) is 0 Å². The van der Waals surface area contributed by atoms with Crippen molar-refractivity contribution in [2.24, 2.45) is 5.10 Å². The van der Waals surface area contributed by atoms with Crippen molar-refractivity contribution in [3.63, 3.8) is 0 Å². The average Bonchev–Trinajstić information content (AvgIpc) is 2.52. The second-order valence-electron chi connectivity index (χ2n) is 4.91. The van der Waals surface area contributed by atoms with Crippen LogP contribution in [0, 0.1) is 6.92 Å². The van der Waals surface area contributed by atoms with E-state index >= 15 is 0 Å². The molecular weight excluding hydrogens is 278 g/mol. The highest BCUT2D eigenvalue weighted by Gasteiger charge is 2.04. The van der Waals surface area contributed by atoms with Crippen molar-refractivity contribution in [3.8, 4) is 5.75 Å². The van der Waals surface area contributed by atoms with Crippen LogP contribution in [-0.4, -0.2) is 18.2 Å². The van der Waals surface area contributed by atoms with Gasteiger partial charge in [0.05, 0.1) is 5.71 Å². The lowest BCUT2D eigenvalue weighted by Gasteiger charge is -2.08. The molecule has 0 radical (unpaired) electrons. The van der Waals surface area contributed by atoms with Gasteiger partial charge in [-0.05, 0) is 43.2 Å². The Hall–Kier alpha value is -2.82. The fourth-order valence-corrected chi connectivity index (χ4v) is 1.87. The maximum absolute atomic E-state index is 11.8. The first kappa shape index (κ1) is 15.6. The van der Waals surface area contributed by atoms with Crippen molar-refractivity contribution in [1.29, 1.82) is 0 Å². The lowest BCUT2D eigenvalue weighted by Crippen LogP contribution is -2.25. The summed E-state index contributed by atoms with van der Waals surface area (Å²) in [4.78, 5) is 11.8. The SMILES string of the molecule is C/C(=N\NC(=O)COc1ccccc1C)c1cccc(N)c1. The minimum atomic E-state index is -0.313. The molecule has 0 aliphatic carbocycles. The van der Waals surface area contributed by atoms with Gasteiger partial charge in [-0.3, -0.25) is 4.79 Å². The predicted octanol–water partition coefficient (Wildman–Crippen LogP) is 2.50. The number of aryl methyl sites for hydroxylation is 1. The molecule has 0 heterocycles. The predicted molar refractivity (Wildman–Crippen MR) is 87.9 cm³/mol. The third-order valence-electron chi connectivity index (χ3n) is 3.11. The van der Waals surface area contributed by atoms with Crippen LogP contribution >= 0.6 is 0 Å². The molecule has 0 aliphatic heterocycles. The van der Waals surface area contributed by atoms with Crippen molar-refractivity contribution in [2.45, 2.75) is 13.8 Å². The molecule has 2 rings (SSSR count). The van der Waals surface area contributed by atoms with Gasteiger partial charge in [-0.2, -0.15) is 5.10 Å². The molecule has 22 heavy (non-hydrogen) atoms.